The first-order valence-electron chi connectivity index (χ1n) is 8.32. The summed E-state index contributed by atoms with van der Waals surface area (Å²) in [5.74, 6) is 1.09. The molecule has 1 saturated carbocycles. The number of nitrogens with one attached hydrogen (secondary N) is 1. The molecule has 0 spiro atoms. The van der Waals surface area contributed by atoms with Gasteiger partial charge in [0, 0.05) is 10.9 Å². The molecule has 4 heteroatoms. The van der Waals surface area contributed by atoms with E-state index in [0.29, 0.717) is 11.9 Å². The first-order chi connectivity index (χ1) is 10.2. The van der Waals surface area contributed by atoms with Crippen molar-refractivity contribution >= 4 is 17.2 Å². The van der Waals surface area contributed by atoms with Gasteiger partial charge in [0.1, 0.15) is 6.17 Å². The number of amides is 1. The Kier molecular flexibility index (Phi) is 4.65. The number of carbonyl (C=O) groups excluding carboxylic acids is 1. The maximum absolute atomic E-state index is 12.9. The summed E-state index contributed by atoms with van der Waals surface area (Å²) in [5.41, 5.74) is 0. The number of thiophene rings is 1. The van der Waals surface area contributed by atoms with Gasteiger partial charge in [0.25, 0.3) is 0 Å². The van der Waals surface area contributed by atoms with E-state index in [9.17, 15) is 4.79 Å². The molecule has 0 bridgehead atoms. The summed E-state index contributed by atoms with van der Waals surface area (Å²) in [4.78, 5) is 16.3. The first-order valence-corrected chi connectivity index (χ1v) is 9.20. The molecule has 1 N–H and O–H groups in total. The molecule has 1 aliphatic carbocycles. The minimum atomic E-state index is 0.0213. The van der Waals surface area contributed by atoms with Crippen LogP contribution >= 0.6 is 11.3 Å². The molecule has 1 saturated heterocycles. The van der Waals surface area contributed by atoms with E-state index in [2.05, 4.69) is 41.6 Å². The Labute approximate surface area is 131 Å². The second-order valence-corrected chi connectivity index (χ2v) is 7.58. The highest BCUT2D eigenvalue weighted by Gasteiger charge is 2.44. The van der Waals surface area contributed by atoms with Gasteiger partial charge in [-0.1, -0.05) is 32.8 Å². The van der Waals surface area contributed by atoms with Crippen molar-refractivity contribution in [2.24, 2.45) is 5.92 Å². The molecule has 2 heterocycles. The van der Waals surface area contributed by atoms with E-state index < -0.39 is 0 Å². The summed E-state index contributed by atoms with van der Waals surface area (Å²) >= 11 is 1.76. The molecule has 3 rings (SSSR count). The molecule has 116 valence electrons. The molecular weight excluding hydrogens is 280 g/mol. The molecule has 1 amide bonds. The smallest absolute Gasteiger partial charge is 0.241 e. The van der Waals surface area contributed by atoms with E-state index in [-0.39, 0.29) is 12.2 Å². The van der Waals surface area contributed by atoms with E-state index in [1.165, 1.54) is 11.3 Å². The molecule has 0 aromatic carbocycles. The molecular formula is C17H26N2OS. The van der Waals surface area contributed by atoms with Crippen LogP contribution < -0.4 is 5.32 Å². The summed E-state index contributed by atoms with van der Waals surface area (Å²) in [7, 11) is 0. The maximum Gasteiger partial charge on any atom is 0.241 e. The van der Waals surface area contributed by atoms with Crippen LogP contribution in [0.15, 0.2) is 17.5 Å². The largest absolute Gasteiger partial charge is 0.318 e. The second kappa shape index (κ2) is 6.49. The fraction of sp³-hybridized carbons (Fsp3) is 0.706. The lowest BCUT2D eigenvalue weighted by atomic mass is 10.1. The van der Waals surface area contributed by atoms with Crippen molar-refractivity contribution in [2.75, 3.05) is 0 Å². The molecule has 4 atom stereocenters. The third-order valence-electron chi connectivity index (χ3n) is 4.91. The minimum Gasteiger partial charge on any atom is -0.318 e. The Bertz CT molecular complexity index is 473. The van der Waals surface area contributed by atoms with Crippen molar-refractivity contribution in [1.29, 1.82) is 0 Å². The van der Waals surface area contributed by atoms with Crippen LogP contribution in [0.1, 0.15) is 63.4 Å². The van der Waals surface area contributed by atoms with Crippen molar-refractivity contribution < 1.29 is 4.79 Å². The monoisotopic (exact) mass is 306 g/mol. The van der Waals surface area contributed by atoms with Gasteiger partial charge in [0.15, 0.2) is 0 Å². The lowest BCUT2D eigenvalue weighted by molar-refractivity contribution is -0.132. The predicted octanol–water partition coefficient (Wildman–Crippen LogP) is 3.93. The Morgan fingerprint density at radius 3 is 2.90 bits per heavy atom. The van der Waals surface area contributed by atoms with E-state index in [1.807, 2.05) is 0 Å². The standard InChI is InChI=1S/C17H26N2OS/c1-3-4-6-14-17(20)19(13-9-8-12(2)11-13)16(18-14)15-7-5-10-21-15/h5,7,10,12-14,16,18H,3-4,6,8-9,11H2,1-2H3. The highest BCUT2D eigenvalue weighted by atomic mass is 32.1. The zero-order chi connectivity index (χ0) is 14.8. The van der Waals surface area contributed by atoms with Crippen LogP contribution in [0.5, 0.6) is 0 Å². The Hall–Kier alpha value is -0.870. The molecule has 2 fully saturated rings. The van der Waals surface area contributed by atoms with E-state index in [0.717, 1.165) is 38.0 Å². The van der Waals surface area contributed by atoms with Gasteiger partial charge in [-0.25, -0.2) is 0 Å². The van der Waals surface area contributed by atoms with Crippen LogP contribution in [0.3, 0.4) is 0 Å². The average Bonchev–Trinajstić information content (AvgIpc) is 3.17. The summed E-state index contributed by atoms with van der Waals surface area (Å²) < 4.78 is 0. The lowest BCUT2D eigenvalue weighted by Gasteiger charge is -2.29. The quantitative estimate of drug-likeness (QED) is 0.894. The minimum absolute atomic E-state index is 0.0213. The van der Waals surface area contributed by atoms with Gasteiger partial charge in [-0.3, -0.25) is 10.1 Å². The van der Waals surface area contributed by atoms with Crippen molar-refractivity contribution in [1.82, 2.24) is 10.2 Å². The summed E-state index contributed by atoms with van der Waals surface area (Å²) in [6.45, 7) is 4.50. The fourth-order valence-electron chi connectivity index (χ4n) is 3.75. The topological polar surface area (TPSA) is 32.3 Å². The fourth-order valence-corrected chi connectivity index (χ4v) is 4.53. The number of carbonyl (C=O) groups is 1. The van der Waals surface area contributed by atoms with Gasteiger partial charge in [-0.2, -0.15) is 0 Å². The van der Waals surface area contributed by atoms with Gasteiger partial charge in [-0.05, 0) is 43.0 Å². The van der Waals surface area contributed by atoms with E-state index in [4.69, 9.17) is 0 Å². The molecule has 4 unspecified atom stereocenters. The van der Waals surface area contributed by atoms with E-state index >= 15 is 0 Å². The van der Waals surface area contributed by atoms with Gasteiger partial charge in [-0.15, -0.1) is 11.3 Å². The van der Waals surface area contributed by atoms with Crippen LogP contribution in [0.4, 0.5) is 0 Å². The van der Waals surface area contributed by atoms with Crippen LogP contribution in [-0.4, -0.2) is 22.9 Å². The SMILES string of the molecule is CCCCC1NC(c2cccs2)N(C2CCC(C)C2)C1=O. The Morgan fingerprint density at radius 2 is 2.29 bits per heavy atom. The van der Waals surface area contributed by atoms with Crippen molar-refractivity contribution in [3.05, 3.63) is 22.4 Å². The third kappa shape index (κ3) is 3.02. The molecule has 21 heavy (non-hydrogen) atoms. The van der Waals surface area contributed by atoms with Crippen LogP contribution in [0.25, 0.3) is 0 Å². The normalized spacial score (nSPS) is 33.0. The van der Waals surface area contributed by atoms with Gasteiger partial charge in [0.2, 0.25) is 5.91 Å². The summed E-state index contributed by atoms with van der Waals surface area (Å²) in [6, 6.07) is 4.69. The molecule has 1 aromatic rings. The van der Waals surface area contributed by atoms with E-state index in [1.54, 1.807) is 11.3 Å². The van der Waals surface area contributed by atoms with Crippen LogP contribution in [0.2, 0.25) is 0 Å². The van der Waals surface area contributed by atoms with Crippen molar-refractivity contribution in [2.45, 2.75) is 70.6 Å². The van der Waals surface area contributed by atoms with Crippen molar-refractivity contribution in [3.63, 3.8) is 0 Å². The highest BCUT2D eigenvalue weighted by Crippen LogP contribution is 2.38. The third-order valence-corrected chi connectivity index (χ3v) is 5.83. The number of hydrogen-bond acceptors (Lipinski definition) is 3. The number of unbranched alkanes of at least 4 members (excludes halogenated alkanes) is 1. The van der Waals surface area contributed by atoms with Gasteiger partial charge in [0.05, 0.1) is 6.04 Å². The number of nitrogens with zero attached hydrogens (tertiary/aromatic N) is 1. The number of hydrogen-bond donors (Lipinski definition) is 1. The second-order valence-electron chi connectivity index (χ2n) is 6.60. The average molecular weight is 306 g/mol. The van der Waals surface area contributed by atoms with Gasteiger partial charge < -0.3 is 4.90 Å². The van der Waals surface area contributed by atoms with Gasteiger partial charge >= 0.3 is 0 Å². The highest BCUT2D eigenvalue weighted by molar-refractivity contribution is 7.10. The first kappa shape index (κ1) is 15.0. The lowest BCUT2D eigenvalue weighted by Crippen LogP contribution is -2.38. The number of rotatable bonds is 5. The Balaban J connectivity index is 1.80. The predicted molar refractivity (Wildman–Crippen MR) is 87.2 cm³/mol. The maximum atomic E-state index is 12.9. The zero-order valence-corrected chi connectivity index (χ0v) is 13.9. The summed E-state index contributed by atoms with van der Waals surface area (Å²) in [6.07, 6.45) is 6.92. The van der Waals surface area contributed by atoms with Crippen LogP contribution in [0, 0.1) is 5.92 Å². The molecule has 3 nitrogen and oxygen atoms in total. The molecule has 2 aliphatic rings. The summed E-state index contributed by atoms with van der Waals surface area (Å²) in [5, 5.41) is 5.71. The molecule has 1 aromatic heterocycles. The molecule has 1 aliphatic heterocycles. The van der Waals surface area contributed by atoms with Crippen LogP contribution in [-0.2, 0) is 4.79 Å². The van der Waals surface area contributed by atoms with Crippen molar-refractivity contribution in [3.8, 4) is 0 Å². The zero-order valence-electron chi connectivity index (χ0n) is 13.0. The molecule has 0 radical (unpaired) electrons. The Morgan fingerprint density at radius 1 is 1.43 bits per heavy atom.